The summed E-state index contributed by atoms with van der Waals surface area (Å²) in [5, 5.41) is 12.5. The molecule has 4 rings (SSSR count). The van der Waals surface area contributed by atoms with Gasteiger partial charge in [0.15, 0.2) is 0 Å². The molecule has 0 aromatic carbocycles. The maximum Gasteiger partial charge on any atom is 0.0669 e. The SMILES string of the molecule is CC12CCC3=C(SCc4sccc43)C1=CCC2O. The molecule has 0 saturated carbocycles. The van der Waals surface area contributed by atoms with Gasteiger partial charge in [0.25, 0.3) is 0 Å². The minimum atomic E-state index is -0.175. The van der Waals surface area contributed by atoms with Gasteiger partial charge in [-0.25, -0.2) is 0 Å². The summed E-state index contributed by atoms with van der Waals surface area (Å²) in [6, 6.07) is 2.28. The molecule has 0 spiro atoms. The third kappa shape index (κ3) is 1.33. The summed E-state index contributed by atoms with van der Waals surface area (Å²) in [6.07, 6.45) is 5.15. The molecule has 3 aliphatic rings. The maximum absolute atomic E-state index is 10.2. The van der Waals surface area contributed by atoms with Gasteiger partial charge in [-0.1, -0.05) is 13.0 Å². The molecule has 1 aliphatic heterocycles. The second kappa shape index (κ2) is 3.75. The van der Waals surface area contributed by atoms with Crippen LogP contribution in [0.4, 0.5) is 0 Å². The van der Waals surface area contributed by atoms with Gasteiger partial charge in [0.1, 0.15) is 0 Å². The van der Waals surface area contributed by atoms with Crippen LogP contribution in [-0.4, -0.2) is 11.2 Å². The maximum atomic E-state index is 10.2. The fourth-order valence-corrected chi connectivity index (χ4v) is 5.92. The van der Waals surface area contributed by atoms with E-state index in [0.717, 1.165) is 25.0 Å². The number of rotatable bonds is 0. The summed E-state index contributed by atoms with van der Waals surface area (Å²) in [5.41, 5.74) is 4.47. The summed E-state index contributed by atoms with van der Waals surface area (Å²) in [4.78, 5) is 3.01. The Morgan fingerprint density at radius 3 is 3.22 bits per heavy atom. The van der Waals surface area contributed by atoms with Gasteiger partial charge in [-0.2, -0.15) is 0 Å². The van der Waals surface area contributed by atoms with Crippen molar-refractivity contribution in [2.75, 3.05) is 0 Å². The van der Waals surface area contributed by atoms with Crippen LogP contribution in [0.1, 0.15) is 36.6 Å². The zero-order valence-electron chi connectivity index (χ0n) is 10.4. The lowest BCUT2D eigenvalue weighted by Crippen LogP contribution is -2.32. The molecule has 0 saturated heterocycles. The van der Waals surface area contributed by atoms with Crippen LogP contribution >= 0.6 is 23.1 Å². The number of hydrogen-bond acceptors (Lipinski definition) is 3. The monoisotopic (exact) mass is 276 g/mol. The molecule has 0 amide bonds. The van der Waals surface area contributed by atoms with Crippen molar-refractivity contribution in [1.82, 2.24) is 0 Å². The third-order valence-electron chi connectivity index (χ3n) is 4.73. The highest BCUT2D eigenvalue weighted by Gasteiger charge is 2.45. The minimum absolute atomic E-state index is 0.0133. The van der Waals surface area contributed by atoms with Crippen molar-refractivity contribution in [3.63, 3.8) is 0 Å². The Hall–Kier alpha value is -0.510. The minimum Gasteiger partial charge on any atom is -0.392 e. The van der Waals surface area contributed by atoms with E-state index < -0.39 is 0 Å². The lowest BCUT2D eigenvalue weighted by atomic mass is 9.71. The van der Waals surface area contributed by atoms with Crippen LogP contribution in [0.15, 0.2) is 28.0 Å². The Bertz CT molecular complexity index is 581. The summed E-state index contributed by atoms with van der Waals surface area (Å²) >= 11 is 3.86. The van der Waals surface area contributed by atoms with Crippen LogP contribution in [0, 0.1) is 5.41 Å². The molecule has 2 unspecified atom stereocenters. The fraction of sp³-hybridized carbons (Fsp3) is 0.467. The number of aliphatic hydroxyl groups excluding tert-OH is 1. The molecule has 3 heteroatoms. The molecule has 0 radical (unpaired) electrons. The van der Waals surface area contributed by atoms with Crippen LogP contribution in [0.2, 0.25) is 0 Å². The van der Waals surface area contributed by atoms with Crippen molar-refractivity contribution < 1.29 is 5.11 Å². The molecular formula is C15H16OS2. The van der Waals surface area contributed by atoms with Crippen molar-refractivity contribution >= 4 is 28.7 Å². The Morgan fingerprint density at radius 1 is 1.44 bits per heavy atom. The first-order valence-electron chi connectivity index (χ1n) is 6.52. The van der Waals surface area contributed by atoms with E-state index in [0.29, 0.717) is 0 Å². The lowest BCUT2D eigenvalue weighted by Gasteiger charge is -2.39. The van der Waals surface area contributed by atoms with E-state index in [1.165, 1.54) is 20.9 Å². The van der Waals surface area contributed by atoms with Gasteiger partial charge in [0, 0.05) is 21.0 Å². The topological polar surface area (TPSA) is 20.2 Å². The molecule has 2 atom stereocenters. The van der Waals surface area contributed by atoms with E-state index in [-0.39, 0.29) is 11.5 Å². The summed E-state index contributed by atoms with van der Waals surface area (Å²) in [5.74, 6) is 1.11. The Kier molecular flexibility index (Phi) is 2.36. The number of thioether (sulfide) groups is 1. The number of aliphatic hydroxyl groups is 1. The molecule has 0 bridgehead atoms. The molecule has 18 heavy (non-hydrogen) atoms. The van der Waals surface area contributed by atoms with E-state index in [4.69, 9.17) is 0 Å². The molecule has 1 aromatic rings. The smallest absolute Gasteiger partial charge is 0.0669 e. The number of allylic oxidation sites excluding steroid dienone is 2. The lowest BCUT2D eigenvalue weighted by molar-refractivity contribution is 0.0739. The van der Waals surface area contributed by atoms with Gasteiger partial charge in [-0.05, 0) is 47.4 Å². The van der Waals surface area contributed by atoms with Crippen LogP contribution in [0.5, 0.6) is 0 Å². The highest BCUT2D eigenvalue weighted by atomic mass is 32.2. The molecule has 2 aliphatic carbocycles. The average Bonchev–Trinajstić information content (AvgIpc) is 2.94. The largest absolute Gasteiger partial charge is 0.392 e. The van der Waals surface area contributed by atoms with Crippen LogP contribution in [0.25, 0.3) is 5.57 Å². The molecule has 1 N–H and O–H groups in total. The fourth-order valence-electron chi connectivity index (χ4n) is 3.50. The second-order valence-corrected chi connectivity index (χ2v) is 7.63. The number of hydrogen-bond donors (Lipinski definition) is 1. The second-order valence-electron chi connectivity index (χ2n) is 5.64. The summed E-state index contributed by atoms with van der Waals surface area (Å²) in [7, 11) is 0. The Labute approximate surface area is 116 Å². The standard InChI is InChI=1S/C15H16OS2/c1-15-6-4-10-9-5-7-17-12(9)8-18-14(10)11(15)2-3-13(15)16/h2,5,7,13,16H,3-4,6,8H2,1H3. The third-order valence-corrected chi connectivity index (χ3v) is 7.02. The van der Waals surface area contributed by atoms with Crippen molar-refractivity contribution in [2.24, 2.45) is 5.41 Å². The van der Waals surface area contributed by atoms with Crippen molar-refractivity contribution in [2.45, 2.75) is 38.0 Å². The first-order valence-corrected chi connectivity index (χ1v) is 8.38. The van der Waals surface area contributed by atoms with Gasteiger partial charge < -0.3 is 5.11 Å². The predicted molar refractivity (Wildman–Crippen MR) is 78.6 cm³/mol. The quantitative estimate of drug-likeness (QED) is 0.766. The number of thiophene rings is 1. The van der Waals surface area contributed by atoms with Gasteiger partial charge in [0.05, 0.1) is 6.10 Å². The van der Waals surface area contributed by atoms with Gasteiger partial charge in [-0.15, -0.1) is 23.1 Å². The van der Waals surface area contributed by atoms with Crippen molar-refractivity contribution in [3.8, 4) is 0 Å². The highest BCUT2D eigenvalue weighted by Crippen LogP contribution is 2.58. The van der Waals surface area contributed by atoms with E-state index in [9.17, 15) is 5.11 Å². The van der Waals surface area contributed by atoms with E-state index in [2.05, 4.69) is 24.4 Å². The van der Waals surface area contributed by atoms with Gasteiger partial charge >= 0.3 is 0 Å². The first kappa shape index (κ1) is 11.3. The molecular weight excluding hydrogens is 260 g/mol. The summed E-state index contributed by atoms with van der Waals surface area (Å²) < 4.78 is 0. The first-order chi connectivity index (χ1) is 8.70. The van der Waals surface area contributed by atoms with E-state index in [1.807, 2.05) is 23.1 Å². The van der Waals surface area contributed by atoms with E-state index in [1.54, 1.807) is 5.57 Å². The van der Waals surface area contributed by atoms with Crippen LogP contribution < -0.4 is 0 Å². The van der Waals surface area contributed by atoms with Crippen LogP contribution in [-0.2, 0) is 5.75 Å². The van der Waals surface area contributed by atoms with Crippen molar-refractivity contribution in [3.05, 3.63) is 38.4 Å². The average molecular weight is 276 g/mol. The Balaban J connectivity index is 1.88. The van der Waals surface area contributed by atoms with Crippen molar-refractivity contribution in [1.29, 1.82) is 0 Å². The zero-order chi connectivity index (χ0) is 12.3. The molecule has 94 valence electrons. The molecule has 2 heterocycles. The normalized spacial score (nSPS) is 33.9. The highest BCUT2D eigenvalue weighted by molar-refractivity contribution is 8.03. The van der Waals surface area contributed by atoms with Gasteiger partial charge in [0.2, 0.25) is 0 Å². The zero-order valence-corrected chi connectivity index (χ0v) is 12.0. The van der Waals surface area contributed by atoms with Crippen LogP contribution in [0.3, 0.4) is 0 Å². The summed E-state index contributed by atoms with van der Waals surface area (Å²) in [6.45, 7) is 2.24. The molecule has 1 aromatic heterocycles. The van der Waals surface area contributed by atoms with Gasteiger partial charge in [-0.3, -0.25) is 0 Å². The predicted octanol–water partition coefficient (Wildman–Crippen LogP) is 4.20. The molecule has 0 fully saturated rings. The number of fused-ring (bicyclic) bond motifs is 4. The van der Waals surface area contributed by atoms with E-state index >= 15 is 0 Å². The molecule has 1 nitrogen and oxygen atoms in total. The Morgan fingerprint density at radius 2 is 2.33 bits per heavy atom.